The maximum atomic E-state index is 12.7. The van der Waals surface area contributed by atoms with Crippen LogP contribution < -0.4 is 10.0 Å². The normalized spacial score (nSPS) is 12.2. The second-order valence-corrected chi connectivity index (χ2v) is 9.52. The molecule has 0 aliphatic heterocycles. The van der Waals surface area contributed by atoms with Crippen molar-refractivity contribution in [3.63, 3.8) is 0 Å². The van der Waals surface area contributed by atoms with Gasteiger partial charge >= 0.3 is 0 Å². The van der Waals surface area contributed by atoms with Crippen LogP contribution in [0.2, 0.25) is 0 Å². The van der Waals surface area contributed by atoms with E-state index in [4.69, 9.17) is 0 Å². The summed E-state index contributed by atoms with van der Waals surface area (Å²) in [6.07, 6.45) is 1.68. The molecule has 0 saturated heterocycles. The fourth-order valence-electron chi connectivity index (χ4n) is 3.01. The highest BCUT2D eigenvalue weighted by Gasteiger charge is 2.22. The Morgan fingerprint density at radius 3 is 2.50 bits per heavy atom. The highest BCUT2D eigenvalue weighted by atomic mass is 32.2. The number of nitrogens with one attached hydrogen (secondary N) is 2. The maximum absolute atomic E-state index is 12.7. The molecule has 4 rings (SSSR count). The van der Waals surface area contributed by atoms with Crippen LogP contribution in [0.15, 0.2) is 71.8 Å². The third-order valence-corrected chi connectivity index (χ3v) is 5.90. The molecule has 154 valence electrons. The fraction of sp³-hybridized carbons (Fsp3) is 0.190. The minimum absolute atomic E-state index is 0.193. The Kier molecular flexibility index (Phi) is 5.00. The number of anilines is 2. The first kappa shape index (κ1) is 20.0. The quantitative estimate of drug-likeness (QED) is 0.509. The van der Waals surface area contributed by atoms with Crippen molar-refractivity contribution < 1.29 is 8.42 Å². The molecule has 0 aliphatic rings. The lowest BCUT2D eigenvalue weighted by Gasteiger charge is -2.20. The molecule has 2 N–H and O–H groups in total. The van der Waals surface area contributed by atoms with Gasteiger partial charge in [0, 0.05) is 17.3 Å². The van der Waals surface area contributed by atoms with E-state index in [0.29, 0.717) is 23.0 Å². The van der Waals surface area contributed by atoms with Crippen molar-refractivity contribution in [2.24, 2.45) is 0 Å². The van der Waals surface area contributed by atoms with E-state index in [-0.39, 0.29) is 4.90 Å². The molecule has 9 heteroatoms. The van der Waals surface area contributed by atoms with Gasteiger partial charge in [-0.2, -0.15) is 4.98 Å². The van der Waals surface area contributed by atoms with Gasteiger partial charge in [0.25, 0.3) is 0 Å². The van der Waals surface area contributed by atoms with Crippen LogP contribution in [0.3, 0.4) is 0 Å². The number of aromatic nitrogens is 4. The van der Waals surface area contributed by atoms with Gasteiger partial charge in [0.15, 0.2) is 5.65 Å². The lowest BCUT2D eigenvalue weighted by molar-refractivity contribution is 0.491. The minimum atomic E-state index is -3.65. The van der Waals surface area contributed by atoms with Gasteiger partial charge in [-0.15, -0.1) is 5.10 Å². The fourth-order valence-corrected chi connectivity index (χ4v) is 4.48. The third-order valence-electron chi connectivity index (χ3n) is 4.15. The first-order valence-corrected chi connectivity index (χ1v) is 10.9. The SMILES string of the molecule is CC(C)(C)NS(=O)(=O)c1cccc(-c2cccc3nc(Nc4ccccn4)nn23)c1. The molecule has 0 bridgehead atoms. The van der Waals surface area contributed by atoms with E-state index in [2.05, 4.69) is 25.1 Å². The van der Waals surface area contributed by atoms with E-state index in [9.17, 15) is 8.42 Å². The van der Waals surface area contributed by atoms with E-state index in [1.165, 1.54) is 0 Å². The summed E-state index contributed by atoms with van der Waals surface area (Å²) in [5, 5.41) is 7.60. The molecule has 0 spiro atoms. The van der Waals surface area contributed by atoms with Gasteiger partial charge in [-0.1, -0.05) is 24.3 Å². The molecule has 0 radical (unpaired) electrons. The standard InChI is InChI=1S/C21H22N6O2S/c1-21(2,3)26-30(28,29)16-9-6-8-15(14-16)17-10-7-12-19-24-20(25-27(17)19)23-18-11-4-5-13-22-18/h4-14,26H,1-3H3,(H,22,23,25). The van der Waals surface area contributed by atoms with Crippen molar-refractivity contribution in [1.29, 1.82) is 0 Å². The van der Waals surface area contributed by atoms with Crippen molar-refractivity contribution in [3.05, 3.63) is 66.9 Å². The van der Waals surface area contributed by atoms with Crippen molar-refractivity contribution in [3.8, 4) is 11.3 Å². The Morgan fingerprint density at radius 2 is 1.77 bits per heavy atom. The lowest BCUT2D eigenvalue weighted by atomic mass is 10.1. The lowest BCUT2D eigenvalue weighted by Crippen LogP contribution is -2.40. The summed E-state index contributed by atoms with van der Waals surface area (Å²) in [6.45, 7) is 5.42. The summed E-state index contributed by atoms with van der Waals surface area (Å²) < 4.78 is 29.8. The van der Waals surface area contributed by atoms with Crippen LogP contribution in [0.5, 0.6) is 0 Å². The Bertz CT molecular complexity index is 1290. The first-order valence-electron chi connectivity index (χ1n) is 9.40. The summed E-state index contributed by atoms with van der Waals surface area (Å²) in [5.74, 6) is 1.04. The molecule has 0 atom stereocenters. The molecule has 3 aromatic heterocycles. The van der Waals surface area contributed by atoms with Gasteiger partial charge in [0.1, 0.15) is 5.82 Å². The summed E-state index contributed by atoms with van der Waals surface area (Å²) >= 11 is 0. The topological polar surface area (TPSA) is 101 Å². The van der Waals surface area contributed by atoms with Crippen molar-refractivity contribution in [1.82, 2.24) is 24.3 Å². The largest absolute Gasteiger partial charge is 0.307 e. The van der Waals surface area contributed by atoms with Crippen LogP contribution >= 0.6 is 0 Å². The minimum Gasteiger partial charge on any atom is -0.307 e. The molecule has 8 nitrogen and oxygen atoms in total. The molecule has 0 amide bonds. The second-order valence-electron chi connectivity index (χ2n) is 7.84. The number of benzene rings is 1. The average molecular weight is 423 g/mol. The maximum Gasteiger partial charge on any atom is 0.248 e. The highest BCUT2D eigenvalue weighted by Crippen LogP contribution is 2.24. The predicted octanol–water partition coefficient (Wildman–Crippen LogP) is 3.61. The molecule has 0 unspecified atom stereocenters. The number of sulfonamides is 1. The Labute approximate surface area is 175 Å². The van der Waals surface area contributed by atoms with Crippen molar-refractivity contribution in [2.45, 2.75) is 31.2 Å². The highest BCUT2D eigenvalue weighted by molar-refractivity contribution is 7.89. The summed E-state index contributed by atoms with van der Waals surface area (Å²) in [5.41, 5.74) is 1.49. The zero-order chi connectivity index (χ0) is 21.4. The van der Waals surface area contributed by atoms with E-state index in [1.54, 1.807) is 49.7 Å². The molecule has 0 fully saturated rings. The van der Waals surface area contributed by atoms with E-state index >= 15 is 0 Å². The predicted molar refractivity (Wildman–Crippen MR) is 116 cm³/mol. The number of nitrogens with zero attached hydrogens (tertiary/aromatic N) is 4. The van der Waals surface area contributed by atoms with Crippen molar-refractivity contribution in [2.75, 3.05) is 5.32 Å². The Morgan fingerprint density at radius 1 is 0.967 bits per heavy atom. The second kappa shape index (κ2) is 7.51. The molecular formula is C21H22N6O2S. The van der Waals surface area contributed by atoms with Crippen LogP contribution in [0.1, 0.15) is 20.8 Å². The Balaban J connectivity index is 1.73. The monoisotopic (exact) mass is 422 g/mol. The molecule has 30 heavy (non-hydrogen) atoms. The van der Waals surface area contributed by atoms with Crippen LogP contribution in [0.25, 0.3) is 16.9 Å². The van der Waals surface area contributed by atoms with Gasteiger partial charge in [-0.25, -0.2) is 22.6 Å². The van der Waals surface area contributed by atoms with Crippen LogP contribution in [0, 0.1) is 0 Å². The molecular weight excluding hydrogens is 400 g/mol. The van der Waals surface area contributed by atoms with Gasteiger partial charge < -0.3 is 5.32 Å². The molecule has 0 aliphatic carbocycles. The number of hydrogen-bond acceptors (Lipinski definition) is 6. The van der Waals surface area contributed by atoms with Gasteiger partial charge in [0.05, 0.1) is 10.6 Å². The van der Waals surface area contributed by atoms with E-state index in [0.717, 1.165) is 5.69 Å². The van der Waals surface area contributed by atoms with Gasteiger partial charge in [-0.3, -0.25) is 0 Å². The Hall–Kier alpha value is -3.30. The number of fused-ring (bicyclic) bond motifs is 1. The first-order chi connectivity index (χ1) is 14.2. The molecule has 4 aromatic rings. The zero-order valence-electron chi connectivity index (χ0n) is 16.9. The number of rotatable bonds is 5. The molecule has 1 aromatic carbocycles. The van der Waals surface area contributed by atoms with E-state index < -0.39 is 15.6 Å². The smallest absolute Gasteiger partial charge is 0.248 e. The van der Waals surface area contributed by atoms with Gasteiger partial charge in [-0.05, 0) is 57.2 Å². The third kappa shape index (κ3) is 4.32. The van der Waals surface area contributed by atoms with Crippen molar-refractivity contribution >= 4 is 27.4 Å². The van der Waals surface area contributed by atoms with E-state index in [1.807, 2.05) is 42.5 Å². The zero-order valence-corrected chi connectivity index (χ0v) is 17.7. The molecule has 3 heterocycles. The van der Waals surface area contributed by atoms with Crippen LogP contribution in [0.4, 0.5) is 11.8 Å². The van der Waals surface area contributed by atoms with Crippen LogP contribution in [-0.2, 0) is 10.0 Å². The summed E-state index contributed by atoms with van der Waals surface area (Å²) in [6, 6.07) is 17.9. The number of hydrogen-bond donors (Lipinski definition) is 2. The summed E-state index contributed by atoms with van der Waals surface area (Å²) in [7, 11) is -3.65. The average Bonchev–Trinajstić information content (AvgIpc) is 3.09. The van der Waals surface area contributed by atoms with Gasteiger partial charge in [0.2, 0.25) is 16.0 Å². The molecule has 0 saturated carbocycles. The summed E-state index contributed by atoms with van der Waals surface area (Å²) in [4.78, 5) is 8.90. The van der Waals surface area contributed by atoms with Crippen LogP contribution in [-0.4, -0.2) is 33.5 Å². The number of pyridine rings is 2.